The molecule has 0 radical (unpaired) electrons. The lowest BCUT2D eigenvalue weighted by molar-refractivity contribution is -0.132. The van der Waals surface area contributed by atoms with Gasteiger partial charge in [-0.05, 0) is 43.5 Å². The summed E-state index contributed by atoms with van der Waals surface area (Å²) in [5.41, 5.74) is 0.813. The first-order valence-corrected chi connectivity index (χ1v) is 8.99. The molecule has 2 aromatic rings. The van der Waals surface area contributed by atoms with E-state index in [4.69, 9.17) is 4.74 Å². The Balaban J connectivity index is 1.65. The van der Waals surface area contributed by atoms with Gasteiger partial charge in [-0.3, -0.25) is 9.48 Å². The molecule has 0 aliphatic heterocycles. The number of hydrogen-bond donors (Lipinski definition) is 1. The SMILES string of the molecule is CN(C(=O)/C=C/c1ccnn1C)[C@@H]1CCC[C@@H](Oc2cccc(F)c2)[C@@H]1O. The van der Waals surface area contributed by atoms with E-state index in [2.05, 4.69) is 5.10 Å². The van der Waals surface area contributed by atoms with Crippen LogP contribution in [0.25, 0.3) is 6.08 Å². The van der Waals surface area contributed by atoms with Gasteiger partial charge in [0.05, 0.1) is 11.7 Å². The first kappa shape index (κ1) is 19.1. The minimum atomic E-state index is -0.846. The highest BCUT2D eigenvalue weighted by Crippen LogP contribution is 2.27. The first-order valence-electron chi connectivity index (χ1n) is 8.99. The maximum atomic E-state index is 13.3. The molecule has 0 saturated heterocycles. The molecule has 1 aliphatic rings. The second-order valence-corrected chi connectivity index (χ2v) is 6.76. The molecule has 1 saturated carbocycles. The molecule has 0 unspecified atom stereocenters. The topological polar surface area (TPSA) is 67.6 Å². The summed E-state index contributed by atoms with van der Waals surface area (Å²) in [6.07, 6.45) is 5.65. The van der Waals surface area contributed by atoms with Crippen molar-refractivity contribution in [2.75, 3.05) is 7.05 Å². The van der Waals surface area contributed by atoms with Gasteiger partial charge in [-0.15, -0.1) is 0 Å². The maximum Gasteiger partial charge on any atom is 0.246 e. The molecular weight excluding hydrogens is 349 g/mol. The second-order valence-electron chi connectivity index (χ2n) is 6.76. The van der Waals surface area contributed by atoms with Crippen LogP contribution in [0, 0.1) is 5.82 Å². The lowest BCUT2D eigenvalue weighted by atomic mass is 9.89. The van der Waals surface area contributed by atoms with Crippen molar-refractivity contribution in [2.45, 2.75) is 37.5 Å². The van der Waals surface area contributed by atoms with Crippen LogP contribution in [0.1, 0.15) is 25.0 Å². The third-order valence-corrected chi connectivity index (χ3v) is 4.95. The number of likely N-dealkylation sites (N-methyl/N-ethyl adjacent to an activating group) is 1. The average molecular weight is 373 g/mol. The van der Waals surface area contributed by atoms with Gasteiger partial charge < -0.3 is 14.7 Å². The van der Waals surface area contributed by atoms with Gasteiger partial charge in [-0.25, -0.2) is 4.39 Å². The summed E-state index contributed by atoms with van der Waals surface area (Å²) < 4.78 is 20.8. The number of nitrogens with zero attached hydrogens (tertiary/aromatic N) is 3. The number of ether oxygens (including phenoxy) is 1. The minimum absolute atomic E-state index is 0.202. The highest BCUT2D eigenvalue weighted by molar-refractivity contribution is 5.91. The van der Waals surface area contributed by atoms with Crippen molar-refractivity contribution in [3.8, 4) is 5.75 Å². The fourth-order valence-corrected chi connectivity index (χ4v) is 3.37. The summed E-state index contributed by atoms with van der Waals surface area (Å²) in [6.45, 7) is 0. The van der Waals surface area contributed by atoms with Crippen molar-refractivity contribution < 1.29 is 19.0 Å². The Hall–Kier alpha value is -2.67. The number of benzene rings is 1. The molecule has 0 spiro atoms. The van der Waals surface area contributed by atoms with Crippen molar-refractivity contribution in [2.24, 2.45) is 7.05 Å². The highest BCUT2D eigenvalue weighted by Gasteiger charge is 2.36. The van der Waals surface area contributed by atoms with Crippen molar-refractivity contribution in [3.63, 3.8) is 0 Å². The number of aromatic nitrogens is 2. The number of amides is 1. The van der Waals surface area contributed by atoms with Gasteiger partial charge in [-0.2, -0.15) is 5.10 Å². The quantitative estimate of drug-likeness (QED) is 0.818. The molecule has 1 heterocycles. The van der Waals surface area contributed by atoms with E-state index < -0.39 is 12.2 Å². The van der Waals surface area contributed by atoms with Crippen LogP contribution in [-0.4, -0.2) is 51.0 Å². The Morgan fingerprint density at radius 2 is 2.22 bits per heavy atom. The zero-order chi connectivity index (χ0) is 19.4. The van der Waals surface area contributed by atoms with Gasteiger partial charge in [0.2, 0.25) is 5.91 Å². The van der Waals surface area contributed by atoms with E-state index in [9.17, 15) is 14.3 Å². The number of hydrogen-bond acceptors (Lipinski definition) is 4. The Labute approximate surface area is 157 Å². The van der Waals surface area contributed by atoms with Crippen molar-refractivity contribution in [3.05, 3.63) is 54.1 Å². The van der Waals surface area contributed by atoms with Crippen LogP contribution in [0.15, 0.2) is 42.6 Å². The van der Waals surface area contributed by atoms with E-state index in [1.807, 2.05) is 6.07 Å². The molecule has 0 bridgehead atoms. The lowest BCUT2D eigenvalue weighted by Gasteiger charge is -2.39. The van der Waals surface area contributed by atoms with Gasteiger partial charge in [0.1, 0.15) is 23.8 Å². The van der Waals surface area contributed by atoms with Gasteiger partial charge in [0, 0.05) is 32.4 Å². The number of aliphatic hydroxyl groups is 1. The molecular formula is C20H24FN3O3. The third-order valence-electron chi connectivity index (χ3n) is 4.95. The minimum Gasteiger partial charge on any atom is -0.488 e. The summed E-state index contributed by atoms with van der Waals surface area (Å²) in [7, 11) is 3.47. The number of aliphatic hydroxyl groups excluding tert-OH is 1. The predicted octanol–water partition coefficient (Wildman–Crippen LogP) is 2.39. The smallest absolute Gasteiger partial charge is 0.246 e. The van der Waals surface area contributed by atoms with Crippen molar-refractivity contribution in [1.82, 2.24) is 14.7 Å². The maximum absolute atomic E-state index is 13.3. The van der Waals surface area contributed by atoms with Gasteiger partial charge in [0.15, 0.2) is 0 Å². The molecule has 1 aliphatic carbocycles. The number of aryl methyl sites for hydroxylation is 1. The summed E-state index contributed by atoms with van der Waals surface area (Å²) in [6, 6.07) is 7.31. The second kappa shape index (κ2) is 8.35. The first-order chi connectivity index (χ1) is 13.0. The summed E-state index contributed by atoms with van der Waals surface area (Å²) in [5, 5.41) is 14.8. The van der Waals surface area contributed by atoms with Crippen molar-refractivity contribution >= 4 is 12.0 Å². The predicted molar refractivity (Wildman–Crippen MR) is 99.5 cm³/mol. The molecule has 1 fully saturated rings. The lowest BCUT2D eigenvalue weighted by Crippen LogP contribution is -2.53. The molecule has 27 heavy (non-hydrogen) atoms. The molecule has 7 heteroatoms. The van der Waals surface area contributed by atoms with Crippen LogP contribution >= 0.6 is 0 Å². The van der Waals surface area contributed by atoms with Crippen LogP contribution in [-0.2, 0) is 11.8 Å². The van der Waals surface area contributed by atoms with E-state index in [0.717, 1.165) is 12.1 Å². The van der Waals surface area contributed by atoms with Crippen LogP contribution in [0.4, 0.5) is 4.39 Å². The molecule has 1 amide bonds. The van der Waals surface area contributed by atoms with Gasteiger partial charge in [0.25, 0.3) is 0 Å². The molecule has 3 atom stereocenters. The monoisotopic (exact) mass is 373 g/mol. The molecule has 6 nitrogen and oxygen atoms in total. The molecule has 144 valence electrons. The number of halogens is 1. The number of carbonyl (C=O) groups excluding carboxylic acids is 1. The van der Waals surface area contributed by atoms with E-state index >= 15 is 0 Å². The van der Waals surface area contributed by atoms with Gasteiger partial charge >= 0.3 is 0 Å². The number of rotatable bonds is 5. The Morgan fingerprint density at radius 1 is 1.41 bits per heavy atom. The van der Waals surface area contributed by atoms with E-state index in [1.165, 1.54) is 18.2 Å². The van der Waals surface area contributed by atoms with Gasteiger partial charge in [-0.1, -0.05) is 6.07 Å². The van der Waals surface area contributed by atoms with Crippen LogP contribution in [0.3, 0.4) is 0 Å². The Kier molecular flexibility index (Phi) is 5.91. The number of carbonyl (C=O) groups is 1. The average Bonchev–Trinajstić information content (AvgIpc) is 3.06. The van der Waals surface area contributed by atoms with E-state index in [-0.39, 0.29) is 17.8 Å². The summed E-state index contributed by atoms with van der Waals surface area (Å²) in [5.74, 6) is -0.210. The zero-order valence-electron chi connectivity index (χ0n) is 15.5. The van der Waals surface area contributed by atoms with Crippen LogP contribution in [0.2, 0.25) is 0 Å². The summed E-state index contributed by atoms with van der Waals surface area (Å²) in [4.78, 5) is 14.1. The molecule has 1 aromatic heterocycles. The normalized spacial score (nSPS) is 22.7. The molecule has 1 N–H and O–H groups in total. The van der Waals surface area contributed by atoms with Crippen LogP contribution in [0.5, 0.6) is 5.75 Å². The third kappa shape index (κ3) is 4.54. The largest absolute Gasteiger partial charge is 0.488 e. The molecule has 1 aromatic carbocycles. The fourth-order valence-electron chi connectivity index (χ4n) is 3.37. The standard InChI is InChI=1S/C20H24FN3O3/c1-23(19(25)10-9-15-11-12-22-24(15)2)17-7-4-8-18(20(17)26)27-16-6-3-5-14(21)13-16/h3,5-6,9-13,17-18,20,26H,4,7-8H2,1-2H3/b10-9+/t17-,18-,20-/m1/s1. The summed E-state index contributed by atoms with van der Waals surface area (Å²) >= 11 is 0. The van der Waals surface area contributed by atoms with E-state index in [0.29, 0.717) is 18.6 Å². The van der Waals surface area contributed by atoms with E-state index in [1.54, 1.807) is 48.1 Å². The Morgan fingerprint density at radius 3 is 2.93 bits per heavy atom. The molecule has 3 rings (SSSR count). The van der Waals surface area contributed by atoms with Crippen molar-refractivity contribution in [1.29, 1.82) is 0 Å². The van der Waals surface area contributed by atoms with Crippen LogP contribution < -0.4 is 4.74 Å². The Bertz CT molecular complexity index is 820. The fraction of sp³-hybridized carbons (Fsp3) is 0.400. The highest BCUT2D eigenvalue weighted by atomic mass is 19.1. The zero-order valence-corrected chi connectivity index (χ0v) is 15.5.